The van der Waals surface area contributed by atoms with Crippen molar-refractivity contribution in [2.24, 2.45) is 5.92 Å². The summed E-state index contributed by atoms with van der Waals surface area (Å²) >= 11 is 0. The summed E-state index contributed by atoms with van der Waals surface area (Å²) in [5.41, 5.74) is 2.69. The number of nitrogens with zero attached hydrogens (tertiary/aromatic N) is 2. The topological polar surface area (TPSA) is 23.6 Å². The van der Waals surface area contributed by atoms with E-state index in [4.69, 9.17) is 0 Å². The fourth-order valence-corrected chi connectivity index (χ4v) is 3.92. The molecule has 2 heterocycles. The molecule has 2 aliphatic rings. The molecule has 3 rings (SSSR count). The highest BCUT2D eigenvalue weighted by molar-refractivity contribution is 5.76. The zero-order valence-electron chi connectivity index (χ0n) is 14.9. The van der Waals surface area contributed by atoms with Crippen LogP contribution in [0.2, 0.25) is 0 Å². The number of amides is 1. The summed E-state index contributed by atoms with van der Waals surface area (Å²) in [5, 5.41) is 0. The quantitative estimate of drug-likeness (QED) is 0.821. The van der Waals surface area contributed by atoms with E-state index in [0.717, 1.165) is 52.0 Å². The first-order valence-electron chi connectivity index (χ1n) is 9.43. The van der Waals surface area contributed by atoms with Crippen LogP contribution in [-0.2, 0) is 4.79 Å². The normalized spacial score (nSPS) is 20.5. The molecule has 0 bridgehead atoms. The molecule has 1 aromatic carbocycles. The predicted octanol–water partition coefficient (Wildman–Crippen LogP) is 3.81. The van der Waals surface area contributed by atoms with Crippen molar-refractivity contribution in [2.75, 3.05) is 32.7 Å². The van der Waals surface area contributed by atoms with E-state index < -0.39 is 0 Å². The minimum atomic E-state index is 0.395. The van der Waals surface area contributed by atoms with Crippen molar-refractivity contribution in [3.63, 3.8) is 0 Å². The first kappa shape index (κ1) is 17.2. The van der Waals surface area contributed by atoms with E-state index >= 15 is 0 Å². The number of hydrogen-bond donors (Lipinski definition) is 0. The van der Waals surface area contributed by atoms with Gasteiger partial charge < -0.3 is 4.90 Å². The van der Waals surface area contributed by atoms with E-state index in [9.17, 15) is 4.79 Å². The van der Waals surface area contributed by atoms with Gasteiger partial charge in [0.15, 0.2) is 0 Å². The van der Waals surface area contributed by atoms with Gasteiger partial charge in [-0.25, -0.2) is 0 Å². The molecule has 2 aliphatic heterocycles. The lowest BCUT2D eigenvalue weighted by molar-refractivity contribution is -0.131. The second kappa shape index (κ2) is 8.48. The van der Waals surface area contributed by atoms with E-state index in [1.54, 1.807) is 0 Å². The number of carbonyl (C=O) groups excluding carboxylic acids is 1. The van der Waals surface area contributed by atoms with Gasteiger partial charge in [-0.05, 0) is 57.2 Å². The van der Waals surface area contributed by atoms with Gasteiger partial charge in [-0.1, -0.05) is 42.0 Å². The third-order valence-corrected chi connectivity index (χ3v) is 5.31. The molecule has 0 spiro atoms. The molecule has 3 nitrogen and oxygen atoms in total. The lowest BCUT2D eigenvalue weighted by Crippen LogP contribution is -2.37. The number of piperidine rings is 1. The predicted molar refractivity (Wildman–Crippen MR) is 99.7 cm³/mol. The fourth-order valence-electron chi connectivity index (χ4n) is 3.92. The Morgan fingerprint density at radius 3 is 2.42 bits per heavy atom. The van der Waals surface area contributed by atoms with Crippen LogP contribution in [0.4, 0.5) is 0 Å². The van der Waals surface area contributed by atoms with Gasteiger partial charge in [-0.2, -0.15) is 0 Å². The molecule has 2 saturated heterocycles. The van der Waals surface area contributed by atoms with Gasteiger partial charge in [0.2, 0.25) is 5.91 Å². The third-order valence-electron chi connectivity index (χ3n) is 5.31. The number of carbonyl (C=O) groups is 1. The van der Waals surface area contributed by atoms with Gasteiger partial charge >= 0.3 is 0 Å². The molecule has 2 fully saturated rings. The lowest BCUT2D eigenvalue weighted by Gasteiger charge is -2.32. The Bertz CT molecular complexity index is 552. The average molecular weight is 326 g/mol. The van der Waals surface area contributed by atoms with E-state index in [0.29, 0.717) is 11.8 Å². The molecule has 130 valence electrons. The van der Waals surface area contributed by atoms with E-state index in [1.807, 2.05) is 0 Å². The molecule has 1 amide bonds. The van der Waals surface area contributed by atoms with Crippen LogP contribution in [0.15, 0.2) is 35.9 Å². The van der Waals surface area contributed by atoms with E-state index in [1.165, 1.54) is 24.0 Å². The maximum atomic E-state index is 12.3. The van der Waals surface area contributed by atoms with E-state index in [2.05, 4.69) is 53.1 Å². The van der Waals surface area contributed by atoms with Crippen LogP contribution in [0.5, 0.6) is 0 Å². The van der Waals surface area contributed by atoms with Crippen molar-refractivity contribution in [3.05, 3.63) is 41.5 Å². The van der Waals surface area contributed by atoms with Crippen molar-refractivity contribution in [3.8, 4) is 0 Å². The minimum absolute atomic E-state index is 0.395. The summed E-state index contributed by atoms with van der Waals surface area (Å²) in [6, 6.07) is 10.5. The smallest absolute Gasteiger partial charge is 0.222 e. The van der Waals surface area contributed by atoms with Crippen molar-refractivity contribution in [1.29, 1.82) is 0 Å². The fraction of sp³-hybridized carbons (Fsp3) is 0.571. The molecule has 1 aromatic rings. The monoisotopic (exact) mass is 326 g/mol. The van der Waals surface area contributed by atoms with Crippen molar-refractivity contribution in [2.45, 2.75) is 39.0 Å². The summed E-state index contributed by atoms with van der Waals surface area (Å²) < 4.78 is 0. The van der Waals surface area contributed by atoms with Crippen LogP contribution in [0.3, 0.4) is 0 Å². The Morgan fingerprint density at radius 2 is 1.75 bits per heavy atom. The number of benzene rings is 1. The molecule has 0 aliphatic carbocycles. The maximum Gasteiger partial charge on any atom is 0.222 e. The summed E-state index contributed by atoms with van der Waals surface area (Å²) in [6.45, 7) is 7.48. The molecule has 24 heavy (non-hydrogen) atoms. The SMILES string of the molecule is C/C(=C\c1ccccc1)CN1CCC(CC(=O)N2CCCC2)CC1. The van der Waals surface area contributed by atoms with Gasteiger partial charge in [0.25, 0.3) is 0 Å². The summed E-state index contributed by atoms with van der Waals surface area (Å²) in [4.78, 5) is 16.9. The number of rotatable bonds is 5. The van der Waals surface area contributed by atoms with Gasteiger partial charge in [-0.15, -0.1) is 0 Å². The maximum absolute atomic E-state index is 12.3. The minimum Gasteiger partial charge on any atom is -0.343 e. The zero-order chi connectivity index (χ0) is 16.8. The Labute approximate surface area is 146 Å². The van der Waals surface area contributed by atoms with Gasteiger partial charge in [0.1, 0.15) is 0 Å². The van der Waals surface area contributed by atoms with Crippen LogP contribution >= 0.6 is 0 Å². The number of likely N-dealkylation sites (tertiary alicyclic amines) is 2. The van der Waals surface area contributed by atoms with Crippen molar-refractivity contribution >= 4 is 12.0 Å². The van der Waals surface area contributed by atoms with Gasteiger partial charge in [-0.3, -0.25) is 9.69 Å². The molecular weight excluding hydrogens is 296 g/mol. The first-order chi connectivity index (χ1) is 11.7. The molecular formula is C21H30N2O. The Hall–Kier alpha value is -1.61. The number of hydrogen-bond acceptors (Lipinski definition) is 2. The third kappa shape index (κ3) is 4.94. The Balaban J connectivity index is 1.41. The van der Waals surface area contributed by atoms with Crippen LogP contribution in [0, 0.1) is 5.92 Å². The lowest BCUT2D eigenvalue weighted by atomic mass is 9.92. The van der Waals surface area contributed by atoms with Crippen molar-refractivity contribution in [1.82, 2.24) is 9.80 Å². The second-order valence-electron chi connectivity index (χ2n) is 7.41. The molecule has 3 heteroatoms. The highest BCUT2D eigenvalue weighted by Crippen LogP contribution is 2.23. The largest absolute Gasteiger partial charge is 0.343 e. The highest BCUT2D eigenvalue weighted by atomic mass is 16.2. The van der Waals surface area contributed by atoms with Crippen molar-refractivity contribution < 1.29 is 4.79 Å². The molecule has 0 atom stereocenters. The van der Waals surface area contributed by atoms with Gasteiger partial charge in [0, 0.05) is 26.1 Å². The Kier molecular flexibility index (Phi) is 6.08. The summed E-state index contributed by atoms with van der Waals surface area (Å²) in [6.07, 6.45) is 7.76. The Morgan fingerprint density at radius 1 is 1.08 bits per heavy atom. The van der Waals surface area contributed by atoms with Crippen LogP contribution in [0.25, 0.3) is 6.08 Å². The summed E-state index contributed by atoms with van der Waals surface area (Å²) in [7, 11) is 0. The van der Waals surface area contributed by atoms with E-state index in [-0.39, 0.29) is 0 Å². The average Bonchev–Trinajstić information content (AvgIpc) is 3.12. The first-order valence-corrected chi connectivity index (χ1v) is 9.43. The van der Waals surface area contributed by atoms with Crippen LogP contribution in [-0.4, -0.2) is 48.4 Å². The second-order valence-corrected chi connectivity index (χ2v) is 7.41. The van der Waals surface area contributed by atoms with Crippen LogP contribution in [0.1, 0.15) is 44.6 Å². The molecule has 0 aromatic heterocycles. The van der Waals surface area contributed by atoms with Crippen LogP contribution < -0.4 is 0 Å². The highest BCUT2D eigenvalue weighted by Gasteiger charge is 2.25. The van der Waals surface area contributed by atoms with Gasteiger partial charge in [0.05, 0.1) is 0 Å². The molecule has 0 N–H and O–H groups in total. The molecule has 0 radical (unpaired) electrons. The zero-order valence-corrected chi connectivity index (χ0v) is 14.9. The molecule has 0 unspecified atom stereocenters. The molecule has 0 saturated carbocycles. The summed E-state index contributed by atoms with van der Waals surface area (Å²) in [5.74, 6) is 0.985. The standard InChI is InChI=1S/C21H30N2O/c1-18(15-19-7-3-2-4-8-19)17-22-13-9-20(10-14-22)16-21(24)23-11-5-6-12-23/h2-4,7-8,15,20H,5-6,9-14,16-17H2,1H3/b18-15+.